The number of hydroxylamine groups is 1. The largest absolute Gasteiger partial charge is 0.316 e. The van der Waals surface area contributed by atoms with Crippen molar-refractivity contribution in [1.82, 2.24) is 5.48 Å². The van der Waals surface area contributed by atoms with Crippen LogP contribution in [0.4, 0.5) is 4.39 Å². The molecule has 0 amide bonds. The SMILES string of the molecule is CC[C@H](NO)c1cc(F)ccc1C. The van der Waals surface area contributed by atoms with Crippen LogP contribution in [0.1, 0.15) is 30.5 Å². The Hall–Kier alpha value is -0.930. The van der Waals surface area contributed by atoms with Gasteiger partial charge >= 0.3 is 0 Å². The summed E-state index contributed by atoms with van der Waals surface area (Å²) in [4.78, 5) is 0. The van der Waals surface area contributed by atoms with Gasteiger partial charge < -0.3 is 5.21 Å². The number of hydrogen-bond acceptors (Lipinski definition) is 2. The molecular weight excluding hydrogens is 169 g/mol. The third-order valence-electron chi connectivity index (χ3n) is 2.18. The molecule has 1 rings (SSSR count). The van der Waals surface area contributed by atoms with Crippen molar-refractivity contribution < 1.29 is 9.60 Å². The van der Waals surface area contributed by atoms with Crippen LogP contribution in [0.5, 0.6) is 0 Å². The van der Waals surface area contributed by atoms with E-state index in [1.807, 2.05) is 13.8 Å². The summed E-state index contributed by atoms with van der Waals surface area (Å²) in [5.74, 6) is -0.269. The standard InChI is InChI=1S/C10H14FNO/c1-3-10(12-13)9-6-8(11)5-4-7(9)2/h4-6,10,12-13H,3H2,1-2H3/t10-/m0/s1. The first-order valence-corrected chi connectivity index (χ1v) is 4.34. The highest BCUT2D eigenvalue weighted by molar-refractivity contribution is 5.29. The summed E-state index contributed by atoms with van der Waals surface area (Å²) >= 11 is 0. The van der Waals surface area contributed by atoms with E-state index in [0.717, 1.165) is 17.5 Å². The topological polar surface area (TPSA) is 32.3 Å². The molecule has 0 spiro atoms. The van der Waals surface area contributed by atoms with Crippen LogP contribution in [-0.2, 0) is 0 Å². The number of nitrogens with one attached hydrogen (secondary N) is 1. The van der Waals surface area contributed by atoms with E-state index in [1.54, 1.807) is 6.07 Å². The van der Waals surface area contributed by atoms with Crippen LogP contribution in [0.3, 0.4) is 0 Å². The van der Waals surface area contributed by atoms with Gasteiger partial charge in [-0.1, -0.05) is 13.0 Å². The Balaban J connectivity index is 3.03. The van der Waals surface area contributed by atoms with Crippen molar-refractivity contribution in [3.05, 3.63) is 35.1 Å². The number of rotatable bonds is 3. The van der Waals surface area contributed by atoms with Crippen LogP contribution < -0.4 is 5.48 Å². The third kappa shape index (κ3) is 2.26. The third-order valence-corrected chi connectivity index (χ3v) is 2.18. The molecule has 72 valence electrons. The van der Waals surface area contributed by atoms with Crippen LogP contribution in [-0.4, -0.2) is 5.21 Å². The van der Waals surface area contributed by atoms with Gasteiger partial charge in [-0.05, 0) is 36.6 Å². The Morgan fingerprint density at radius 2 is 2.23 bits per heavy atom. The molecule has 0 radical (unpaired) electrons. The van der Waals surface area contributed by atoms with Crippen molar-refractivity contribution in [3.8, 4) is 0 Å². The highest BCUT2D eigenvalue weighted by atomic mass is 19.1. The van der Waals surface area contributed by atoms with E-state index in [-0.39, 0.29) is 11.9 Å². The van der Waals surface area contributed by atoms with E-state index < -0.39 is 0 Å². The van der Waals surface area contributed by atoms with Crippen LogP contribution in [0.15, 0.2) is 18.2 Å². The number of aryl methyl sites for hydroxylation is 1. The lowest BCUT2D eigenvalue weighted by molar-refractivity contribution is 0.123. The highest BCUT2D eigenvalue weighted by Crippen LogP contribution is 2.20. The van der Waals surface area contributed by atoms with Gasteiger partial charge in [-0.2, -0.15) is 5.48 Å². The zero-order valence-electron chi connectivity index (χ0n) is 7.84. The molecular formula is C10H14FNO. The van der Waals surface area contributed by atoms with Crippen molar-refractivity contribution in [3.63, 3.8) is 0 Å². The average Bonchev–Trinajstić information content (AvgIpc) is 2.13. The molecule has 1 atom stereocenters. The summed E-state index contributed by atoms with van der Waals surface area (Å²) in [6, 6.07) is 4.40. The Kier molecular flexibility index (Phi) is 3.39. The molecule has 0 fully saturated rings. The maximum absolute atomic E-state index is 12.9. The van der Waals surface area contributed by atoms with Gasteiger partial charge in [0.1, 0.15) is 5.82 Å². The lowest BCUT2D eigenvalue weighted by atomic mass is 10.00. The van der Waals surface area contributed by atoms with Gasteiger partial charge in [-0.3, -0.25) is 0 Å². The number of halogens is 1. The number of hydrogen-bond donors (Lipinski definition) is 2. The quantitative estimate of drug-likeness (QED) is 0.706. The molecule has 0 aliphatic rings. The molecule has 1 aromatic rings. The van der Waals surface area contributed by atoms with Crippen molar-refractivity contribution in [2.75, 3.05) is 0 Å². The molecule has 1 aromatic carbocycles. The first-order chi connectivity index (χ1) is 6.19. The summed E-state index contributed by atoms with van der Waals surface area (Å²) in [5.41, 5.74) is 3.96. The maximum atomic E-state index is 12.9. The second-order valence-corrected chi connectivity index (χ2v) is 3.09. The minimum absolute atomic E-state index is 0.185. The molecule has 0 saturated carbocycles. The second kappa shape index (κ2) is 4.35. The first kappa shape index (κ1) is 10.2. The fourth-order valence-electron chi connectivity index (χ4n) is 1.37. The first-order valence-electron chi connectivity index (χ1n) is 4.34. The summed E-state index contributed by atoms with van der Waals surface area (Å²) in [7, 11) is 0. The molecule has 3 heteroatoms. The molecule has 0 aliphatic carbocycles. The van der Waals surface area contributed by atoms with E-state index in [2.05, 4.69) is 5.48 Å². The Morgan fingerprint density at radius 3 is 2.77 bits per heavy atom. The van der Waals surface area contributed by atoms with Gasteiger partial charge in [-0.25, -0.2) is 4.39 Å². The van der Waals surface area contributed by atoms with E-state index in [0.29, 0.717) is 0 Å². The van der Waals surface area contributed by atoms with Crippen molar-refractivity contribution >= 4 is 0 Å². The van der Waals surface area contributed by atoms with E-state index in [9.17, 15) is 4.39 Å². The summed E-state index contributed by atoms with van der Waals surface area (Å²) in [6.07, 6.45) is 0.723. The Bertz CT molecular complexity index is 284. The minimum atomic E-state index is -0.269. The van der Waals surface area contributed by atoms with Crippen LogP contribution in [0.2, 0.25) is 0 Å². The maximum Gasteiger partial charge on any atom is 0.123 e. The molecule has 0 unspecified atom stereocenters. The Morgan fingerprint density at radius 1 is 1.54 bits per heavy atom. The fraction of sp³-hybridized carbons (Fsp3) is 0.400. The normalized spacial score (nSPS) is 12.9. The van der Waals surface area contributed by atoms with E-state index >= 15 is 0 Å². The average molecular weight is 183 g/mol. The predicted molar refractivity (Wildman–Crippen MR) is 49.1 cm³/mol. The van der Waals surface area contributed by atoms with Crippen LogP contribution >= 0.6 is 0 Å². The smallest absolute Gasteiger partial charge is 0.123 e. The lowest BCUT2D eigenvalue weighted by Gasteiger charge is -2.15. The molecule has 0 aromatic heterocycles. The Labute approximate surface area is 77.4 Å². The van der Waals surface area contributed by atoms with Crippen molar-refractivity contribution in [1.29, 1.82) is 0 Å². The van der Waals surface area contributed by atoms with Gasteiger partial charge in [0.25, 0.3) is 0 Å². The zero-order chi connectivity index (χ0) is 9.84. The van der Waals surface area contributed by atoms with Crippen molar-refractivity contribution in [2.24, 2.45) is 0 Å². The monoisotopic (exact) mass is 183 g/mol. The molecule has 0 aliphatic heterocycles. The zero-order valence-corrected chi connectivity index (χ0v) is 7.84. The molecule has 0 bridgehead atoms. The minimum Gasteiger partial charge on any atom is -0.316 e. The molecule has 2 nitrogen and oxygen atoms in total. The molecule has 0 saturated heterocycles. The van der Waals surface area contributed by atoms with E-state index in [1.165, 1.54) is 12.1 Å². The molecule has 0 heterocycles. The van der Waals surface area contributed by atoms with Crippen LogP contribution in [0.25, 0.3) is 0 Å². The second-order valence-electron chi connectivity index (χ2n) is 3.09. The highest BCUT2D eigenvalue weighted by Gasteiger charge is 2.10. The van der Waals surface area contributed by atoms with E-state index in [4.69, 9.17) is 5.21 Å². The van der Waals surface area contributed by atoms with Gasteiger partial charge in [0.15, 0.2) is 0 Å². The van der Waals surface area contributed by atoms with Crippen LogP contribution in [0, 0.1) is 12.7 Å². The number of benzene rings is 1. The van der Waals surface area contributed by atoms with Gasteiger partial charge in [0.2, 0.25) is 0 Å². The van der Waals surface area contributed by atoms with Gasteiger partial charge in [0.05, 0.1) is 6.04 Å². The fourth-order valence-corrected chi connectivity index (χ4v) is 1.37. The van der Waals surface area contributed by atoms with Crippen molar-refractivity contribution in [2.45, 2.75) is 26.3 Å². The molecule has 2 N–H and O–H groups in total. The summed E-state index contributed by atoms with van der Waals surface area (Å²) in [5, 5.41) is 8.82. The summed E-state index contributed by atoms with van der Waals surface area (Å²) < 4.78 is 12.9. The molecule has 13 heavy (non-hydrogen) atoms. The summed E-state index contributed by atoms with van der Waals surface area (Å²) in [6.45, 7) is 3.83. The lowest BCUT2D eigenvalue weighted by Crippen LogP contribution is -2.17. The van der Waals surface area contributed by atoms with Gasteiger partial charge in [-0.15, -0.1) is 0 Å². The van der Waals surface area contributed by atoms with Gasteiger partial charge in [0, 0.05) is 0 Å². The predicted octanol–water partition coefficient (Wildman–Crippen LogP) is 2.56.